The van der Waals surface area contributed by atoms with Gasteiger partial charge in [0.1, 0.15) is 17.3 Å². The summed E-state index contributed by atoms with van der Waals surface area (Å²) in [7, 11) is 0. The number of nitrogens with zero attached hydrogens (tertiary/aromatic N) is 4. The van der Waals surface area contributed by atoms with Crippen LogP contribution in [0.2, 0.25) is 0 Å². The molecular weight excluding hydrogens is 398 g/mol. The first-order valence-corrected chi connectivity index (χ1v) is 10.4. The minimum Gasteiger partial charge on any atom is -0.462 e. The molecule has 30 heavy (non-hydrogen) atoms. The second kappa shape index (κ2) is 8.84. The second-order valence-corrected chi connectivity index (χ2v) is 7.60. The Kier molecular flexibility index (Phi) is 5.82. The maximum absolute atomic E-state index is 12.8. The van der Waals surface area contributed by atoms with E-state index in [-0.39, 0.29) is 11.5 Å². The average molecular weight is 417 g/mol. The minimum atomic E-state index is -0.000129. The molecule has 8 heteroatoms. The van der Waals surface area contributed by atoms with Crippen LogP contribution in [0, 0.1) is 18.3 Å². The quantitative estimate of drug-likeness (QED) is 0.329. The van der Waals surface area contributed by atoms with Gasteiger partial charge in [0.25, 0.3) is 0 Å². The highest BCUT2D eigenvalue weighted by molar-refractivity contribution is 7.99. The van der Waals surface area contributed by atoms with Crippen LogP contribution in [0.25, 0.3) is 23.1 Å². The van der Waals surface area contributed by atoms with E-state index in [0.29, 0.717) is 29.5 Å². The molecule has 0 saturated heterocycles. The van der Waals surface area contributed by atoms with E-state index in [1.54, 1.807) is 6.08 Å². The Bertz CT molecular complexity index is 1260. The second-order valence-electron chi connectivity index (χ2n) is 6.66. The van der Waals surface area contributed by atoms with Crippen molar-refractivity contribution in [3.8, 4) is 6.07 Å². The number of carbonyl (C=O) groups is 1. The minimum absolute atomic E-state index is 0.000129. The standard InChI is InChI=1S/C22H19N5O2S/c1-15-7-8-16(29-15)9-10-21-24-22(26-25-21)30-14-20(28)18-13-27(12-4-11-23)19-6-3-2-5-17(18)19/h2-3,5-10,13H,4,12,14H2,1H3,(H,24,25,26). The zero-order valence-corrected chi connectivity index (χ0v) is 17.1. The van der Waals surface area contributed by atoms with Gasteiger partial charge in [-0.15, -0.1) is 5.10 Å². The number of thioether (sulfide) groups is 1. The molecule has 0 unspecified atom stereocenters. The van der Waals surface area contributed by atoms with Crippen LogP contribution in [0.3, 0.4) is 0 Å². The van der Waals surface area contributed by atoms with Crippen molar-refractivity contribution in [1.29, 1.82) is 5.26 Å². The largest absolute Gasteiger partial charge is 0.462 e. The summed E-state index contributed by atoms with van der Waals surface area (Å²) in [4.78, 5) is 17.2. The van der Waals surface area contributed by atoms with Crippen LogP contribution < -0.4 is 0 Å². The molecule has 3 aromatic heterocycles. The van der Waals surface area contributed by atoms with Gasteiger partial charge in [-0.25, -0.2) is 4.98 Å². The SMILES string of the molecule is Cc1ccc(C=Cc2nc(SCC(=O)c3cn(CCC#N)c4ccccc34)n[nH]2)o1. The van der Waals surface area contributed by atoms with Crippen LogP contribution in [0.4, 0.5) is 0 Å². The zero-order valence-electron chi connectivity index (χ0n) is 16.3. The molecule has 0 atom stereocenters. The predicted octanol–water partition coefficient (Wildman–Crippen LogP) is 4.72. The Morgan fingerprint density at radius 3 is 2.97 bits per heavy atom. The van der Waals surface area contributed by atoms with E-state index in [1.807, 2.05) is 60.2 Å². The first-order valence-electron chi connectivity index (χ1n) is 9.42. The number of furan rings is 1. The van der Waals surface area contributed by atoms with Crippen LogP contribution in [0.5, 0.6) is 0 Å². The van der Waals surface area contributed by atoms with Gasteiger partial charge < -0.3 is 8.98 Å². The highest BCUT2D eigenvalue weighted by Crippen LogP contribution is 2.24. The van der Waals surface area contributed by atoms with E-state index >= 15 is 0 Å². The van der Waals surface area contributed by atoms with Crippen LogP contribution in [0.1, 0.15) is 34.1 Å². The molecule has 4 rings (SSSR count). The summed E-state index contributed by atoms with van der Waals surface area (Å²) in [6.07, 6.45) is 5.82. The van der Waals surface area contributed by atoms with Gasteiger partial charge in [-0.3, -0.25) is 9.89 Å². The number of ketones is 1. The first-order chi connectivity index (χ1) is 14.6. The summed E-state index contributed by atoms with van der Waals surface area (Å²) in [5, 5.41) is 17.3. The van der Waals surface area contributed by atoms with E-state index in [0.717, 1.165) is 22.4 Å². The van der Waals surface area contributed by atoms with E-state index < -0.39 is 0 Å². The van der Waals surface area contributed by atoms with Gasteiger partial charge in [0, 0.05) is 29.2 Å². The molecule has 0 aliphatic heterocycles. The van der Waals surface area contributed by atoms with Crippen molar-refractivity contribution in [2.24, 2.45) is 0 Å². The lowest BCUT2D eigenvalue weighted by Crippen LogP contribution is -2.02. The lowest BCUT2D eigenvalue weighted by atomic mass is 10.1. The van der Waals surface area contributed by atoms with E-state index in [2.05, 4.69) is 21.3 Å². The third-order valence-electron chi connectivity index (χ3n) is 4.53. The zero-order chi connectivity index (χ0) is 20.9. The lowest BCUT2D eigenvalue weighted by Gasteiger charge is -2.00. The monoisotopic (exact) mass is 417 g/mol. The number of nitriles is 1. The number of aryl methyl sites for hydroxylation is 2. The summed E-state index contributed by atoms with van der Waals surface area (Å²) in [6.45, 7) is 2.45. The van der Waals surface area contributed by atoms with Crippen molar-refractivity contribution in [3.05, 3.63) is 65.5 Å². The fourth-order valence-corrected chi connectivity index (χ4v) is 3.82. The molecular formula is C22H19N5O2S. The molecule has 0 spiro atoms. The van der Waals surface area contributed by atoms with Crippen LogP contribution in [0.15, 0.2) is 52.2 Å². The van der Waals surface area contributed by atoms with Crippen LogP contribution >= 0.6 is 11.8 Å². The Hall–Kier alpha value is -3.57. The van der Waals surface area contributed by atoms with Crippen molar-refractivity contribution in [2.45, 2.75) is 25.0 Å². The van der Waals surface area contributed by atoms with Gasteiger partial charge in [0.2, 0.25) is 5.16 Å². The predicted molar refractivity (Wildman–Crippen MR) is 116 cm³/mol. The Balaban J connectivity index is 1.43. The summed E-state index contributed by atoms with van der Waals surface area (Å²) in [6, 6.07) is 13.7. The highest BCUT2D eigenvalue weighted by atomic mass is 32.2. The van der Waals surface area contributed by atoms with Crippen molar-refractivity contribution in [1.82, 2.24) is 19.7 Å². The van der Waals surface area contributed by atoms with Gasteiger partial charge in [-0.2, -0.15) is 5.26 Å². The van der Waals surface area contributed by atoms with Gasteiger partial charge >= 0.3 is 0 Å². The summed E-state index contributed by atoms with van der Waals surface area (Å²) in [5.41, 5.74) is 1.61. The van der Waals surface area contributed by atoms with Crippen LogP contribution in [-0.4, -0.2) is 31.3 Å². The van der Waals surface area contributed by atoms with Crippen molar-refractivity contribution < 1.29 is 9.21 Å². The molecule has 0 amide bonds. The molecule has 1 N–H and O–H groups in total. The average Bonchev–Trinajstić information content (AvgIpc) is 3.47. The first kappa shape index (κ1) is 19.7. The van der Waals surface area contributed by atoms with Gasteiger partial charge in [0.15, 0.2) is 5.78 Å². The lowest BCUT2D eigenvalue weighted by molar-refractivity contribution is 0.102. The number of fused-ring (bicyclic) bond motifs is 1. The topological polar surface area (TPSA) is 100 Å². The smallest absolute Gasteiger partial charge is 0.209 e. The summed E-state index contributed by atoms with van der Waals surface area (Å²) < 4.78 is 7.44. The maximum Gasteiger partial charge on any atom is 0.209 e. The normalized spacial score (nSPS) is 11.3. The number of para-hydroxylation sites is 1. The van der Waals surface area contributed by atoms with Crippen LogP contribution in [-0.2, 0) is 6.54 Å². The molecule has 4 aromatic rings. The van der Waals surface area contributed by atoms with Crippen molar-refractivity contribution in [2.75, 3.05) is 5.75 Å². The Morgan fingerprint density at radius 1 is 1.30 bits per heavy atom. The number of hydrogen-bond donors (Lipinski definition) is 1. The molecule has 150 valence electrons. The molecule has 0 saturated carbocycles. The molecule has 0 aliphatic carbocycles. The molecule has 1 aromatic carbocycles. The molecule has 0 bridgehead atoms. The summed E-state index contributed by atoms with van der Waals surface area (Å²) >= 11 is 1.28. The Morgan fingerprint density at radius 2 is 2.17 bits per heavy atom. The molecule has 0 radical (unpaired) electrons. The molecule has 0 aliphatic rings. The highest BCUT2D eigenvalue weighted by Gasteiger charge is 2.16. The third-order valence-corrected chi connectivity index (χ3v) is 5.38. The number of carbonyl (C=O) groups excluding carboxylic acids is 1. The van der Waals surface area contributed by atoms with E-state index in [1.165, 1.54) is 11.8 Å². The maximum atomic E-state index is 12.8. The summed E-state index contributed by atoms with van der Waals surface area (Å²) in [5.74, 6) is 2.40. The van der Waals surface area contributed by atoms with Gasteiger partial charge in [0.05, 0.1) is 18.2 Å². The number of rotatable bonds is 8. The number of aromatic amines is 1. The van der Waals surface area contributed by atoms with E-state index in [4.69, 9.17) is 9.68 Å². The van der Waals surface area contributed by atoms with Gasteiger partial charge in [-0.1, -0.05) is 30.0 Å². The number of H-pyrrole nitrogens is 1. The fourth-order valence-electron chi connectivity index (χ4n) is 3.13. The number of nitrogens with one attached hydrogen (secondary N) is 1. The van der Waals surface area contributed by atoms with Crippen molar-refractivity contribution in [3.63, 3.8) is 0 Å². The molecule has 0 fully saturated rings. The van der Waals surface area contributed by atoms with Gasteiger partial charge in [-0.05, 0) is 37.3 Å². The molecule has 3 heterocycles. The number of benzene rings is 1. The van der Waals surface area contributed by atoms with E-state index in [9.17, 15) is 4.79 Å². The third kappa shape index (κ3) is 4.36. The number of Topliss-reactive ketones (excluding diaryl/α,β-unsaturated/α-hetero) is 1. The molecule has 7 nitrogen and oxygen atoms in total. The fraction of sp³-hybridized carbons (Fsp3) is 0.182. The number of hydrogen-bond acceptors (Lipinski definition) is 6. The van der Waals surface area contributed by atoms with Crippen molar-refractivity contribution >= 4 is 40.6 Å². The Labute approximate surface area is 177 Å². The number of aromatic nitrogens is 4.